The molecule has 1 aliphatic rings. The van der Waals surface area contributed by atoms with E-state index in [9.17, 15) is 4.79 Å². The van der Waals surface area contributed by atoms with Crippen LogP contribution in [-0.2, 0) is 11.3 Å². The summed E-state index contributed by atoms with van der Waals surface area (Å²) in [6, 6.07) is 7.63. The molecule has 1 amide bonds. The van der Waals surface area contributed by atoms with Crippen molar-refractivity contribution < 1.29 is 13.6 Å². The molecule has 3 aromatic rings. The minimum Gasteiger partial charge on any atom is -0.468 e. The van der Waals surface area contributed by atoms with Gasteiger partial charge in [-0.15, -0.1) is 10.2 Å². The van der Waals surface area contributed by atoms with Crippen LogP contribution in [0.1, 0.15) is 38.0 Å². The van der Waals surface area contributed by atoms with Crippen LogP contribution in [0.2, 0.25) is 0 Å². The van der Waals surface area contributed by atoms with Gasteiger partial charge < -0.3 is 14.2 Å². The fourth-order valence-corrected chi connectivity index (χ4v) is 4.61. The highest BCUT2D eigenvalue weighted by atomic mass is 32.2. The number of likely N-dealkylation sites (tertiary alicyclic amines) is 1. The Morgan fingerprint density at radius 3 is 2.67 bits per heavy atom. The van der Waals surface area contributed by atoms with Crippen LogP contribution in [0.4, 0.5) is 0 Å². The molecular formula is C21H27N5O3S. The van der Waals surface area contributed by atoms with E-state index in [1.165, 1.54) is 31.0 Å². The molecule has 0 aliphatic carbocycles. The van der Waals surface area contributed by atoms with Crippen molar-refractivity contribution in [1.29, 1.82) is 0 Å². The maximum absolute atomic E-state index is 12.6. The average Bonchev–Trinajstić information content (AvgIpc) is 3.54. The smallest absolute Gasteiger partial charge is 0.230 e. The summed E-state index contributed by atoms with van der Waals surface area (Å²) in [5, 5.41) is 12.2. The van der Waals surface area contributed by atoms with Crippen LogP contribution in [0, 0.1) is 0 Å². The van der Waals surface area contributed by atoms with Gasteiger partial charge in [-0.05, 0) is 57.1 Å². The number of carbonyl (C=O) groups is 1. The second-order valence-corrected chi connectivity index (χ2v) is 8.19. The zero-order valence-corrected chi connectivity index (χ0v) is 17.9. The Morgan fingerprint density at radius 2 is 1.97 bits per heavy atom. The van der Waals surface area contributed by atoms with Crippen molar-refractivity contribution in [3.63, 3.8) is 0 Å². The van der Waals surface area contributed by atoms with Gasteiger partial charge in [0.1, 0.15) is 5.76 Å². The Labute approximate surface area is 180 Å². The number of aromatic nitrogens is 3. The highest BCUT2D eigenvalue weighted by Crippen LogP contribution is 2.26. The number of piperidine rings is 1. The van der Waals surface area contributed by atoms with Crippen molar-refractivity contribution in [2.24, 2.45) is 0 Å². The van der Waals surface area contributed by atoms with Gasteiger partial charge in [0.05, 0.1) is 24.3 Å². The monoisotopic (exact) mass is 429 g/mol. The molecular weight excluding hydrogens is 402 g/mol. The minimum atomic E-state index is -0.0289. The van der Waals surface area contributed by atoms with Gasteiger partial charge in [0.15, 0.2) is 16.7 Å². The molecule has 9 heteroatoms. The summed E-state index contributed by atoms with van der Waals surface area (Å²) < 4.78 is 13.0. The summed E-state index contributed by atoms with van der Waals surface area (Å²) in [5.74, 6) is 2.50. The molecule has 0 radical (unpaired) electrons. The molecule has 3 aromatic heterocycles. The first kappa shape index (κ1) is 20.7. The van der Waals surface area contributed by atoms with E-state index in [0.29, 0.717) is 29.8 Å². The number of amides is 1. The lowest BCUT2D eigenvalue weighted by atomic mass is 10.1. The molecule has 0 aromatic carbocycles. The van der Waals surface area contributed by atoms with E-state index < -0.39 is 0 Å². The van der Waals surface area contributed by atoms with Gasteiger partial charge in [0.2, 0.25) is 5.91 Å². The average molecular weight is 430 g/mol. The fourth-order valence-electron chi connectivity index (χ4n) is 3.78. The molecule has 30 heavy (non-hydrogen) atoms. The van der Waals surface area contributed by atoms with Crippen LogP contribution in [0.3, 0.4) is 0 Å². The van der Waals surface area contributed by atoms with E-state index in [4.69, 9.17) is 8.83 Å². The summed E-state index contributed by atoms with van der Waals surface area (Å²) in [4.78, 5) is 15.0. The number of nitrogens with zero attached hydrogens (tertiary/aromatic N) is 4. The zero-order valence-electron chi connectivity index (χ0n) is 17.1. The Morgan fingerprint density at radius 1 is 1.17 bits per heavy atom. The van der Waals surface area contributed by atoms with Crippen LogP contribution < -0.4 is 5.32 Å². The summed E-state index contributed by atoms with van der Waals surface area (Å²) in [5.41, 5.74) is 0. The third kappa shape index (κ3) is 4.79. The lowest BCUT2D eigenvalue weighted by molar-refractivity contribution is -0.118. The van der Waals surface area contributed by atoms with E-state index in [2.05, 4.69) is 20.4 Å². The van der Waals surface area contributed by atoms with Crippen LogP contribution >= 0.6 is 11.8 Å². The lowest BCUT2D eigenvalue weighted by Gasteiger charge is -2.33. The summed E-state index contributed by atoms with van der Waals surface area (Å²) in [6.45, 7) is 5.32. The number of rotatable bonds is 9. The zero-order chi connectivity index (χ0) is 20.8. The second kappa shape index (κ2) is 9.99. The summed E-state index contributed by atoms with van der Waals surface area (Å²) in [6.07, 6.45) is 6.94. The first-order chi connectivity index (χ1) is 14.8. The van der Waals surface area contributed by atoms with Gasteiger partial charge >= 0.3 is 0 Å². The predicted molar refractivity (Wildman–Crippen MR) is 114 cm³/mol. The Balaban J connectivity index is 1.34. The molecule has 0 bridgehead atoms. The predicted octanol–water partition coefficient (Wildman–Crippen LogP) is 3.59. The third-order valence-corrected chi connectivity index (χ3v) is 6.27. The summed E-state index contributed by atoms with van der Waals surface area (Å²) >= 11 is 1.38. The van der Waals surface area contributed by atoms with Crippen LogP contribution in [0.15, 0.2) is 50.8 Å². The van der Waals surface area contributed by atoms with E-state index in [1.807, 2.05) is 35.8 Å². The topological polar surface area (TPSA) is 89.3 Å². The molecule has 0 saturated carbocycles. The standard InChI is InChI=1S/C21H27N5O3S/c1-2-26-20(18-9-7-13-29-18)23-24-21(26)30-15-19(27)22-14-16(17-8-6-12-28-17)25-10-4-3-5-11-25/h6-9,12-13,16H,2-5,10-11,14-15H2,1H3,(H,22,27). The molecule has 160 valence electrons. The maximum Gasteiger partial charge on any atom is 0.230 e. The number of thioether (sulfide) groups is 1. The van der Waals surface area contributed by atoms with Crippen molar-refractivity contribution >= 4 is 17.7 Å². The van der Waals surface area contributed by atoms with Crippen molar-refractivity contribution in [3.8, 4) is 11.6 Å². The van der Waals surface area contributed by atoms with E-state index >= 15 is 0 Å². The Hall–Kier alpha value is -2.52. The highest BCUT2D eigenvalue weighted by Gasteiger charge is 2.25. The molecule has 4 heterocycles. The van der Waals surface area contributed by atoms with Gasteiger partial charge in [-0.25, -0.2) is 0 Å². The summed E-state index contributed by atoms with van der Waals surface area (Å²) in [7, 11) is 0. The van der Waals surface area contributed by atoms with E-state index in [1.54, 1.807) is 12.5 Å². The molecule has 1 unspecified atom stereocenters. The number of furan rings is 2. The number of nitrogens with one attached hydrogen (secondary N) is 1. The van der Waals surface area contributed by atoms with Crippen LogP contribution in [0.5, 0.6) is 0 Å². The van der Waals surface area contributed by atoms with Gasteiger partial charge in [0, 0.05) is 13.1 Å². The number of hydrogen-bond acceptors (Lipinski definition) is 7. The van der Waals surface area contributed by atoms with Gasteiger partial charge in [-0.1, -0.05) is 18.2 Å². The highest BCUT2D eigenvalue weighted by molar-refractivity contribution is 7.99. The molecule has 0 spiro atoms. The number of hydrogen-bond donors (Lipinski definition) is 1. The first-order valence-electron chi connectivity index (χ1n) is 10.4. The molecule has 8 nitrogen and oxygen atoms in total. The fraction of sp³-hybridized carbons (Fsp3) is 0.476. The number of carbonyl (C=O) groups excluding carboxylic acids is 1. The van der Waals surface area contributed by atoms with Crippen LogP contribution in [0.25, 0.3) is 11.6 Å². The van der Waals surface area contributed by atoms with Crippen molar-refractivity contribution in [2.45, 2.75) is 43.9 Å². The lowest BCUT2D eigenvalue weighted by Crippen LogP contribution is -2.40. The molecule has 1 aliphatic heterocycles. The Kier molecular flexibility index (Phi) is 6.91. The minimum absolute atomic E-state index is 0.0289. The third-order valence-electron chi connectivity index (χ3n) is 5.30. The van der Waals surface area contributed by atoms with Crippen molar-refractivity contribution in [2.75, 3.05) is 25.4 Å². The normalized spacial score (nSPS) is 15.9. The van der Waals surface area contributed by atoms with Crippen molar-refractivity contribution in [3.05, 3.63) is 42.6 Å². The maximum atomic E-state index is 12.6. The Bertz CT molecular complexity index is 917. The first-order valence-corrected chi connectivity index (χ1v) is 11.4. The van der Waals surface area contributed by atoms with Crippen molar-refractivity contribution in [1.82, 2.24) is 25.0 Å². The molecule has 1 N–H and O–H groups in total. The largest absolute Gasteiger partial charge is 0.468 e. The quantitative estimate of drug-likeness (QED) is 0.520. The SMILES string of the molecule is CCn1c(SCC(=O)NCC(c2ccco2)N2CCCCC2)nnc1-c1ccco1. The molecule has 1 fully saturated rings. The van der Waals surface area contributed by atoms with Gasteiger partial charge in [-0.2, -0.15) is 0 Å². The van der Waals surface area contributed by atoms with E-state index in [0.717, 1.165) is 18.8 Å². The van der Waals surface area contributed by atoms with Crippen LogP contribution in [-0.4, -0.2) is 51.0 Å². The van der Waals surface area contributed by atoms with Gasteiger partial charge in [-0.3, -0.25) is 14.3 Å². The van der Waals surface area contributed by atoms with Gasteiger partial charge in [0.25, 0.3) is 0 Å². The second-order valence-electron chi connectivity index (χ2n) is 7.25. The molecule has 1 atom stereocenters. The van der Waals surface area contributed by atoms with E-state index in [-0.39, 0.29) is 17.7 Å². The molecule has 1 saturated heterocycles. The molecule has 4 rings (SSSR count).